The van der Waals surface area contributed by atoms with Gasteiger partial charge in [-0.15, -0.1) is 0 Å². The molecule has 4 nitrogen and oxygen atoms in total. The molecule has 1 aliphatic heterocycles. The highest BCUT2D eigenvalue weighted by Gasteiger charge is 2.23. The van der Waals surface area contributed by atoms with Crippen molar-refractivity contribution >= 4 is 5.69 Å². The molecule has 24 heavy (non-hydrogen) atoms. The van der Waals surface area contributed by atoms with E-state index in [1.165, 1.54) is 24.9 Å². The van der Waals surface area contributed by atoms with Crippen molar-refractivity contribution in [1.29, 1.82) is 0 Å². The van der Waals surface area contributed by atoms with Gasteiger partial charge in [0.1, 0.15) is 0 Å². The number of ether oxygens (including phenoxy) is 2. The highest BCUT2D eigenvalue weighted by Crippen LogP contribution is 2.35. The number of nitrogens with zero attached hydrogens (tertiary/aromatic N) is 1. The van der Waals surface area contributed by atoms with E-state index in [1.807, 2.05) is 0 Å². The van der Waals surface area contributed by atoms with Crippen LogP contribution in [0.2, 0.25) is 0 Å². The molecule has 2 fully saturated rings. The number of nitrogens with one attached hydrogen (secondary N) is 1. The van der Waals surface area contributed by atoms with Crippen molar-refractivity contribution in [1.82, 2.24) is 5.32 Å². The minimum absolute atomic E-state index is 0.353. The normalized spacial score (nSPS) is 22.2. The molecular formula is C20H32N2O2. The van der Waals surface area contributed by atoms with Crippen LogP contribution in [0.5, 0.6) is 11.5 Å². The molecule has 0 aromatic heterocycles. The van der Waals surface area contributed by atoms with Crippen LogP contribution in [0.4, 0.5) is 5.69 Å². The Balaban J connectivity index is 1.72. The molecule has 0 amide bonds. The van der Waals surface area contributed by atoms with Gasteiger partial charge in [0.25, 0.3) is 0 Å². The van der Waals surface area contributed by atoms with E-state index in [0.717, 1.165) is 49.9 Å². The minimum Gasteiger partial charge on any atom is -0.493 e. The lowest BCUT2D eigenvalue weighted by Gasteiger charge is -2.36. The van der Waals surface area contributed by atoms with Crippen LogP contribution in [0.15, 0.2) is 18.2 Å². The maximum atomic E-state index is 6.25. The molecule has 0 radical (unpaired) electrons. The second-order valence-electron chi connectivity index (χ2n) is 7.59. The van der Waals surface area contributed by atoms with Gasteiger partial charge in [0.05, 0.1) is 13.2 Å². The van der Waals surface area contributed by atoms with E-state index in [-0.39, 0.29) is 0 Å². The highest BCUT2D eigenvalue weighted by molar-refractivity contribution is 5.57. The first-order chi connectivity index (χ1) is 11.7. The van der Waals surface area contributed by atoms with Crippen LogP contribution < -0.4 is 19.7 Å². The third-order valence-electron chi connectivity index (χ3n) is 5.12. The summed E-state index contributed by atoms with van der Waals surface area (Å²) in [4.78, 5) is 2.48. The van der Waals surface area contributed by atoms with Crippen molar-refractivity contribution < 1.29 is 9.47 Å². The molecule has 1 saturated heterocycles. The van der Waals surface area contributed by atoms with E-state index in [2.05, 4.69) is 42.3 Å². The number of anilines is 1. The van der Waals surface area contributed by atoms with Crippen molar-refractivity contribution in [3.05, 3.63) is 18.2 Å². The summed E-state index contributed by atoms with van der Waals surface area (Å²) >= 11 is 0. The molecule has 1 aromatic rings. The van der Waals surface area contributed by atoms with Gasteiger partial charge in [0.15, 0.2) is 11.5 Å². The number of piperazine rings is 1. The number of rotatable bonds is 6. The minimum atomic E-state index is 0.353. The Labute approximate surface area is 146 Å². The van der Waals surface area contributed by atoms with Gasteiger partial charge >= 0.3 is 0 Å². The van der Waals surface area contributed by atoms with E-state index in [4.69, 9.17) is 9.47 Å². The molecule has 4 heteroatoms. The summed E-state index contributed by atoms with van der Waals surface area (Å²) in [6, 6.07) is 6.96. The molecule has 1 aromatic carbocycles. The average Bonchev–Trinajstić information content (AvgIpc) is 3.07. The first kappa shape index (κ1) is 17.4. The van der Waals surface area contributed by atoms with Crippen LogP contribution in [-0.4, -0.2) is 38.9 Å². The van der Waals surface area contributed by atoms with E-state index < -0.39 is 0 Å². The summed E-state index contributed by atoms with van der Waals surface area (Å²) in [5.74, 6) is 2.47. The van der Waals surface area contributed by atoms with Gasteiger partial charge in [-0.05, 0) is 50.2 Å². The van der Waals surface area contributed by atoms with Gasteiger partial charge < -0.3 is 19.7 Å². The standard InChI is InChI=1S/C20H32N2O2/c1-15(2)12-16-14-22(11-10-21-16)17-8-9-19(23-3)20(13-17)24-18-6-4-5-7-18/h8-9,13,15-16,18,21H,4-7,10-12,14H2,1-3H3. The lowest BCUT2D eigenvalue weighted by molar-refractivity contribution is 0.201. The Kier molecular flexibility index (Phi) is 5.88. The topological polar surface area (TPSA) is 33.7 Å². The largest absolute Gasteiger partial charge is 0.493 e. The van der Waals surface area contributed by atoms with E-state index in [1.54, 1.807) is 7.11 Å². The first-order valence-electron chi connectivity index (χ1n) is 9.48. The third-order valence-corrected chi connectivity index (χ3v) is 5.12. The lowest BCUT2D eigenvalue weighted by Crippen LogP contribution is -2.51. The molecule has 1 N–H and O–H groups in total. The van der Waals surface area contributed by atoms with Gasteiger partial charge in [-0.25, -0.2) is 0 Å². The highest BCUT2D eigenvalue weighted by atomic mass is 16.5. The fraction of sp³-hybridized carbons (Fsp3) is 0.700. The molecule has 1 heterocycles. The zero-order valence-corrected chi connectivity index (χ0v) is 15.4. The predicted molar refractivity (Wildman–Crippen MR) is 99.3 cm³/mol. The summed E-state index contributed by atoms with van der Waals surface area (Å²) < 4.78 is 11.8. The smallest absolute Gasteiger partial charge is 0.163 e. The van der Waals surface area contributed by atoms with E-state index in [9.17, 15) is 0 Å². The van der Waals surface area contributed by atoms with E-state index >= 15 is 0 Å². The average molecular weight is 332 g/mol. The van der Waals surface area contributed by atoms with Crippen molar-refractivity contribution in [3.8, 4) is 11.5 Å². The summed E-state index contributed by atoms with van der Waals surface area (Å²) in [6.45, 7) is 7.74. The Bertz CT molecular complexity index is 526. The number of benzene rings is 1. The second kappa shape index (κ2) is 8.11. The zero-order chi connectivity index (χ0) is 16.9. The molecule has 3 rings (SSSR count). The molecule has 134 valence electrons. The Morgan fingerprint density at radius 3 is 2.71 bits per heavy atom. The monoisotopic (exact) mass is 332 g/mol. The molecule has 1 atom stereocenters. The number of methoxy groups -OCH3 is 1. The first-order valence-corrected chi connectivity index (χ1v) is 9.48. The maximum Gasteiger partial charge on any atom is 0.163 e. The molecular weight excluding hydrogens is 300 g/mol. The summed E-state index contributed by atoms with van der Waals surface area (Å²) in [6.07, 6.45) is 6.46. The van der Waals surface area contributed by atoms with Gasteiger partial charge in [-0.2, -0.15) is 0 Å². The predicted octanol–water partition coefficient (Wildman–Crippen LogP) is 3.84. The zero-order valence-electron chi connectivity index (χ0n) is 15.4. The summed E-state index contributed by atoms with van der Waals surface area (Å²) in [7, 11) is 1.72. The second-order valence-corrected chi connectivity index (χ2v) is 7.59. The van der Waals surface area contributed by atoms with Gasteiger partial charge in [-0.3, -0.25) is 0 Å². The van der Waals surface area contributed by atoms with Crippen molar-refractivity contribution in [2.24, 2.45) is 5.92 Å². The Hall–Kier alpha value is -1.42. The Morgan fingerprint density at radius 2 is 2.00 bits per heavy atom. The van der Waals surface area contributed by atoms with Gasteiger partial charge in [0, 0.05) is 37.4 Å². The van der Waals surface area contributed by atoms with Crippen molar-refractivity contribution in [2.75, 3.05) is 31.6 Å². The van der Waals surface area contributed by atoms with Crippen LogP contribution in [0, 0.1) is 5.92 Å². The number of hydrogen-bond acceptors (Lipinski definition) is 4. The molecule has 0 spiro atoms. The number of hydrogen-bond donors (Lipinski definition) is 1. The van der Waals surface area contributed by atoms with Crippen molar-refractivity contribution in [2.45, 2.75) is 58.1 Å². The van der Waals surface area contributed by atoms with Crippen molar-refractivity contribution in [3.63, 3.8) is 0 Å². The summed E-state index contributed by atoms with van der Waals surface area (Å²) in [5.41, 5.74) is 1.25. The molecule has 2 aliphatic rings. The van der Waals surface area contributed by atoms with E-state index in [0.29, 0.717) is 12.1 Å². The van der Waals surface area contributed by atoms with Crippen LogP contribution in [0.25, 0.3) is 0 Å². The fourth-order valence-electron chi connectivity index (χ4n) is 3.93. The lowest BCUT2D eigenvalue weighted by atomic mass is 10.0. The van der Waals surface area contributed by atoms with Crippen LogP contribution in [0.1, 0.15) is 46.0 Å². The Morgan fingerprint density at radius 1 is 1.21 bits per heavy atom. The van der Waals surface area contributed by atoms with Crippen LogP contribution >= 0.6 is 0 Å². The van der Waals surface area contributed by atoms with Gasteiger partial charge in [0.2, 0.25) is 0 Å². The molecule has 1 unspecified atom stereocenters. The van der Waals surface area contributed by atoms with Crippen LogP contribution in [0.3, 0.4) is 0 Å². The quantitative estimate of drug-likeness (QED) is 0.858. The SMILES string of the molecule is COc1ccc(N2CCNC(CC(C)C)C2)cc1OC1CCCC1. The molecule has 1 aliphatic carbocycles. The van der Waals surface area contributed by atoms with Gasteiger partial charge in [-0.1, -0.05) is 13.8 Å². The molecule has 0 bridgehead atoms. The maximum absolute atomic E-state index is 6.25. The summed E-state index contributed by atoms with van der Waals surface area (Å²) in [5, 5.41) is 3.65. The third kappa shape index (κ3) is 4.35. The fourth-order valence-corrected chi connectivity index (χ4v) is 3.93. The van der Waals surface area contributed by atoms with Crippen LogP contribution in [-0.2, 0) is 0 Å². The molecule has 1 saturated carbocycles.